The molecular formula is C26H31FN10O3S. The van der Waals surface area contributed by atoms with E-state index in [0.717, 1.165) is 19.6 Å². The van der Waals surface area contributed by atoms with Gasteiger partial charge in [0, 0.05) is 87.3 Å². The molecule has 3 aromatic heterocycles. The fourth-order valence-electron chi connectivity index (χ4n) is 5.00. The van der Waals surface area contributed by atoms with Crippen LogP contribution in [0.5, 0.6) is 0 Å². The molecule has 13 nitrogen and oxygen atoms in total. The topological polar surface area (TPSA) is 142 Å². The molecule has 2 saturated heterocycles. The Morgan fingerprint density at radius 1 is 1.10 bits per heavy atom. The number of halogens is 1. The number of likely N-dealkylation sites (N-methyl/N-ethyl adjacent to an activating group) is 1. The number of aromatic nitrogens is 5. The van der Waals surface area contributed by atoms with E-state index in [-0.39, 0.29) is 11.9 Å². The summed E-state index contributed by atoms with van der Waals surface area (Å²) in [4.78, 5) is 34.0. The number of piperazine rings is 1. The van der Waals surface area contributed by atoms with E-state index in [0.29, 0.717) is 78.8 Å². The lowest BCUT2D eigenvalue weighted by Crippen LogP contribution is -2.48. The molecule has 0 unspecified atom stereocenters. The Morgan fingerprint density at radius 3 is 2.59 bits per heavy atom. The first kappa shape index (κ1) is 27.1. The van der Waals surface area contributed by atoms with Crippen molar-refractivity contribution in [1.29, 1.82) is 0 Å². The second-order valence-corrected chi connectivity index (χ2v) is 11.8. The minimum atomic E-state index is -0.874. The third-order valence-corrected chi connectivity index (χ3v) is 8.70. The summed E-state index contributed by atoms with van der Waals surface area (Å²) in [6.45, 7) is 5.15. The van der Waals surface area contributed by atoms with Crippen molar-refractivity contribution in [3.63, 3.8) is 0 Å². The molecule has 0 spiro atoms. The predicted molar refractivity (Wildman–Crippen MR) is 153 cm³/mol. The van der Waals surface area contributed by atoms with Crippen LogP contribution >= 0.6 is 0 Å². The summed E-state index contributed by atoms with van der Waals surface area (Å²) in [6, 6.07) is 8.21. The van der Waals surface area contributed by atoms with E-state index < -0.39 is 16.6 Å². The minimum Gasteiger partial charge on any atom is -0.461 e. The number of rotatable bonds is 7. The zero-order valence-electron chi connectivity index (χ0n) is 22.6. The van der Waals surface area contributed by atoms with Crippen LogP contribution in [0, 0.1) is 5.82 Å². The summed E-state index contributed by atoms with van der Waals surface area (Å²) >= 11 is 0. The SMILES string of the molecule is CN(CCN1CCN(c2ccc(C(=O)N3CCS(=O)CC3)cc2F)CC1)c1nc(N)n2nc(-c3ccco3)nc2n1. The van der Waals surface area contributed by atoms with Gasteiger partial charge in [0.15, 0.2) is 5.76 Å². The zero-order valence-corrected chi connectivity index (χ0v) is 23.5. The van der Waals surface area contributed by atoms with Crippen LogP contribution in [0.15, 0.2) is 41.0 Å². The van der Waals surface area contributed by atoms with Gasteiger partial charge in [0.05, 0.1) is 12.0 Å². The number of fused-ring (bicyclic) bond motifs is 1. The van der Waals surface area contributed by atoms with Gasteiger partial charge in [0.2, 0.25) is 17.7 Å². The van der Waals surface area contributed by atoms with Crippen molar-refractivity contribution in [2.45, 2.75) is 0 Å². The molecule has 1 amide bonds. The van der Waals surface area contributed by atoms with Gasteiger partial charge in [0.25, 0.3) is 11.7 Å². The maximum absolute atomic E-state index is 15.1. The smallest absolute Gasteiger partial charge is 0.259 e. The molecule has 2 aliphatic heterocycles. The molecule has 6 rings (SSSR count). The van der Waals surface area contributed by atoms with E-state index >= 15 is 4.39 Å². The first-order chi connectivity index (χ1) is 19.9. The van der Waals surface area contributed by atoms with E-state index in [9.17, 15) is 9.00 Å². The molecular weight excluding hydrogens is 551 g/mol. The maximum Gasteiger partial charge on any atom is 0.259 e. The van der Waals surface area contributed by atoms with Crippen molar-refractivity contribution in [2.24, 2.45) is 0 Å². The van der Waals surface area contributed by atoms with Crippen molar-refractivity contribution in [2.75, 3.05) is 86.4 Å². The first-order valence-electron chi connectivity index (χ1n) is 13.4. The minimum absolute atomic E-state index is 0.179. The Kier molecular flexibility index (Phi) is 7.53. The van der Waals surface area contributed by atoms with E-state index in [1.165, 1.54) is 10.6 Å². The van der Waals surface area contributed by atoms with Crippen LogP contribution in [-0.2, 0) is 10.8 Å². The third-order valence-electron chi connectivity index (χ3n) is 7.43. The van der Waals surface area contributed by atoms with Gasteiger partial charge < -0.3 is 24.9 Å². The standard InChI is InChI=1S/C26H31FN10O3S/c1-33(25-30-24(28)37-26(31-25)29-22(32-37)21-3-2-14-40-21)6-7-34-8-10-35(11-9-34)20-5-4-18(17-19(20)27)23(38)36-12-15-41(39)16-13-36/h2-5,14,17H,6-13,15-16H2,1H3,(H2,28,29,30,31,32). The van der Waals surface area contributed by atoms with Crippen molar-refractivity contribution < 1.29 is 17.8 Å². The molecule has 2 aliphatic rings. The van der Waals surface area contributed by atoms with Gasteiger partial charge in [-0.15, -0.1) is 5.10 Å². The largest absolute Gasteiger partial charge is 0.461 e. The number of nitrogens with zero attached hydrogens (tertiary/aromatic N) is 9. The first-order valence-corrected chi connectivity index (χ1v) is 14.9. The number of benzene rings is 1. The quantitative estimate of drug-likeness (QED) is 0.333. The van der Waals surface area contributed by atoms with E-state index in [1.54, 1.807) is 35.4 Å². The van der Waals surface area contributed by atoms with Crippen LogP contribution in [0.25, 0.3) is 17.4 Å². The van der Waals surface area contributed by atoms with Crippen LogP contribution in [0.3, 0.4) is 0 Å². The number of hydrogen-bond acceptors (Lipinski definition) is 11. The fourth-order valence-corrected chi connectivity index (χ4v) is 6.05. The molecule has 4 aromatic rings. The molecule has 216 valence electrons. The fraction of sp³-hybridized carbons (Fsp3) is 0.423. The number of furan rings is 1. The predicted octanol–water partition coefficient (Wildman–Crippen LogP) is 0.964. The van der Waals surface area contributed by atoms with Crippen LogP contribution < -0.4 is 15.5 Å². The molecule has 1 aromatic carbocycles. The van der Waals surface area contributed by atoms with Gasteiger partial charge in [0.1, 0.15) is 5.82 Å². The lowest BCUT2D eigenvalue weighted by molar-refractivity contribution is 0.0770. The van der Waals surface area contributed by atoms with Crippen molar-refractivity contribution in [3.05, 3.63) is 48.0 Å². The normalized spacial score (nSPS) is 16.9. The van der Waals surface area contributed by atoms with Gasteiger partial charge in [-0.2, -0.15) is 19.5 Å². The number of amides is 1. The lowest BCUT2D eigenvalue weighted by Gasteiger charge is -2.37. The number of nitrogens with two attached hydrogens (primary N) is 1. The monoisotopic (exact) mass is 582 g/mol. The summed E-state index contributed by atoms with van der Waals surface area (Å²) in [5, 5.41) is 4.32. The highest BCUT2D eigenvalue weighted by Crippen LogP contribution is 2.23. The van der Waals surface area contributed by atoms with Gasteiger partial charge >= 0.3 is 0 Å². The second kappa shape index (κ2) is 11.4. The van der Waals surface area contributed by atoms with E-state index in [1.807, 2.05) is 16.8 Å². The summed E-state index contributed by atoms with van der Waals surface area (Å²) in [5.74, 6) is 2.18. The maximum atomic E-state index is 15.1. The van der Waals surface area contributed by atoms with Gasteiger partial charge in [-0.3, -0.25) is 13.9 Å². The number of carbonyl (C=O) groups excluding carboxylic acids is 1. The summed E-state index contributed by atoms with van der Waals surface area (Å²) in [7, 11) is 1.02. The van der Waals surface area contributed by atoms with Crippen LogP contribution in [0.1, 0.15) is 10.4 Å². The lowest BCUT2D eigenvalue weighted by atomic mass is 10.1. The summed E-state index contributed by atoms with van der Waals surface area (Å²) in [6.07, 6.45) is 1.55. The van der Waals surface area contributed by atoms with Gasteiger partial charge in [-0.05, 0) is 30.3 Å². The van der Waals surface area contributed by atoms with Gasteiger partial charge in [-0.1, -0.05) is 0 Å². The Balaban J connectivity index is 1.03. The van der Waals surface area contributed by atoms with E-state index in [2.05, 4.69) is 25.0 Å². The Labute approximate surface area is 238 Å². The van der Waals surface area contributed by atoms with Crippen molar-refractivity contribution in [3.8, 4) is 11.6 Å². The Morgan fingerprint density at radius 2 is 1.88 bits per heavy atom. The second-order valence-electron chi connectivity index (χ2n) is 10.1. The molecule has 2 N–H and O–H groups in total. The van der Waals surface area contributed by atoms with Crippen LogP contribution in [0.4, 0.5) is 22.0 Å². The molecule has 41 heavy (non-hydrogen) atoms. The van der Waals surface area contributed by atoms with Crippen LogP contribution in [0.2, 0.25) is 0 Å². The average molecular weight is 583 g/mol. The highest BCUT2D eigenvalue weighted by Gasteiger charge is 2.24. The average Bonchev–Trinajstić information content (AvgIpc) is 3.67. The molecule has 0 bridgehead atoms. The number of nitrogen functional groups attached to an aromatic ring is 1. The zero-order chi connectivity index (χ0) is 28.5. The molecule has 0 aliphatic carbocycles. The molecule has 2 fully saturated rings. The van der Waals surface area contributed by atoms with Crippen molar-refractivity contribution in [1.82, 2.24) is 34.4 Å². The molecule has 0 atom stereocenters. The molecule has 15 heteroatoms. The highest BCUT2D eigenvalue weighted by molar-refractivity contribution is 7.85. The number of hydrogen-bond donors (Lipinski definition) is 1. The van der Waals surface area contributed by atoms with E-state index in [4.69, 9.17) is 10.2 Å². The van der Waals surface area contributed by atoms with Gasteiger partial charge in [-0.25, -0.2) is 4.39 Å². The molecule has 0 radical (unpaired) electrons. The Hall–Kier alpha value is -4.11. The summed E-state index contributed by atoms with van der Waals surface area (Å²) < 4.78 is 33.4. The van der Waals surface area contributed by atoms with Crippen LogP contribution in [-0.4, -0.2) is 115 Å². The Bertz CT molecular complexity index is 1560. The molecule has 5 heterocycles. The number of carbonyl (C=O) groups is 1. The molecule has 0 saturated carbocycles. The third kappa shape index (κ3) is 5.72. The van der Waals surface area contributed by atoms with Crippen molar-refractivity contribution >= 4 is 40.1 Å². The summed E-state index contributed by atoms with van der Waals surface area (Å²) in [5.41, 5.74) is 6.95. The highest BCUT2D eigenvalue weighted by atomic mass is 32.2. The number of anilines is 3.